The molecule has 0 saturated heterocycles. The lowest BCUT2D eigenvalue weighted by Crippen LogP contribution is -2.11. The molecule has 2 nitrogen and oxygen atoms in total. The van der Waals surface area contributed by atoms with Crippen LogP contribution >= 0.6 is 0 Å². The number of ketones is 1. The van der Waals surface area contributed by atoms with Gasteiger partial charge in [0, 0.05) is 19.4 Å². The number of hydrogen-bond acceptors (Lipinski definition) is 2. The third-order valence-electron chi connectivity index (χ3n) is 2.83. The summed E-state index contributed by atoms with van der Waals surface area (Å²) in [6.45, 7) is 6.62. The van der Waals surface area contributed by atoms with Crippen molar-refractivity contribution in [3.8, 4) is 0 Å². The highest BCUT2D eigenvalue weighted by molar-refractivity contribution is 5.80. The minimum atomic E-state index is 0.0920. The van der Waals surface area contributed by atoms with Crippen molar-refractivity contribution < 1.29 is 9.90 Å². The largest absolute Gasteiger partial charge is 0.396 e. The van der Waals surface area contributed by atoms with Crippen LogP contribution in [-0.4, -0.2) is 17.5 Å². The fourth-order valence-electron chi connectivity index (χ4n) is 1.71. The van der Waals surface area contributed by atoms with E-state index in [0.29, 0.717) is 19.3 Å². The Bertz CT molecular complexity index is 358. The van der Waals surface area contributed by atoms with E-state index in [1.54, 1.807) is 0 Å². The SMILES string of the molecule is CC(C)(C)c1ccc(CC(=O)CCCO)cc1. The Morgan fingerprint density at radius 1 is 1.18 bits per heavy atom. The van der Waals surface area contributed by atoms with Crippen molar-refractivity contribution in [2.45, 2.75) is 45.4 Å². The minimum absolute atomic E-state index is 0.0920. The van der Waals surface area contributed by atoms with E-state index in [1.807, 2.05) is 12.1 Å². The molecule has 94 valence electrons. The predicted octanol–water partition coefficient (Wildman–Crippen LogP) is 2.87. The van der Waals surface area contributed by atoms with Gasteiger partial charge in [-0.2, -0.15) is 0 Å². The maximum atomic E-state index is 11.5. The maximum Gasteiger partial charge on any atom is 0.137 e. The highest BCUT2D eigenvalue weighted by Crippen LogP contribution is 2.22. The lowest BCUT2D eigenvalue weighted by atomic mass is 9.86. The van der Waals surface area contributed by atoms with Crippen LogP contribution in [0.5, 0.6) is 0 Å². The Labute approximate surface area is 104 Å². The second-order valence-corrected chi connectivity index (χ2v) is 5.49. The van der Waals surface area contributed by atoms with Gasteiger partial charge in [-0.15, -0.1) is 0 Å². The molecule has 0 saturated carbocycles. The van der Waals surface area contributed by atoms with Crippen LogP contribution in [0.3, 0.4) is 0 Å². The number of Topliss-reactive ketones (excluding diaryl/α,β-unsaturated/α-hetero) is 1. The lowest BCUT2D eigenvalue weighted by Gasteiger charge is -2.19. The van der Waals surface area contributed by atoms with Crippen molar-refractivity contribution in [3.63, 3.8) is 0 Å². The van der Waals surface area contributed by atoms with E-state index in [9.17, 15) is 4.79 Å². The summed E-state index contributed by atoms with van der Waals surface area (Å²) in [5, 5.41) is 8.65. The molecule has 0 bridgehead atoms. The van der Waals surface area contributed by atoms with Crippen molar-refractivity contribution in [2.24, 2.45) is 0 Å². The Kier molecular flexibility index (Phi) is 4.88. The van der Waals surface area contributed by atoms with Crippen molar-refractivity contribution in [1.29, 1.82) is 0 Å². The average molecular weight is 234 g/mol. The number of hydrogen-bond donors (Lipinski definition) is 1. The summed E-state index contributed by atoms with van der Waals surface area (Å²) in [4.78, 5) is 11.5. The first-order valence-corrected chi connectivity index (χ1v) is 6.15. The number of rotatable bonds is 5. The van der Waals surface area contributed by atoms with Gasteiger partial charge in [0.15, 0.2) is 0 Å². The molecule has 0 aliphatic carbocycles. The van der Waals surface area contributed by atoms with Crippen LogP contribution in [0.15, 0.2) is 24.3 Å². The molecule has 0 unspecified atom stereocenters. The molecule has 0 amide bonds. The van der Waals surface area contributed by atoms with E-state index < -0.39 is 0 Å². The molecule has 17 heavy (non-hydrogen) atoms. The zero-order valence-electron chi connectivity index (χ0n) is 11.0. The summed E-state index contributed by atoms with van der Waals surface area (Å²) in [5.41, 5.74) is 2.49. The third-order valence-corrected chi connectivity index (χ3v) is 2.83. The van der Waals surface area contributed by atoms with Gasteiger partial charge in [0.1, 0.15) is 5.78 Å². The van der Waals surface area contributed by atoms with Crippen LogP contribution in [-0.2, 0) is 16.6 Å². The van der Waals surface area contributed by atoms with Crippen LogP contribution in [0.1, 0.15) is 44.7 Å². The van der Waals surface area contributed by atoms with E-state index in [0.717, 1.165) is 5.56 Å². The minimum Gasteiger partial charge on any atom is -0.396 e. The van der Waals surface area contributed by atoms with Crippen molar-refractivity contribution in [2.75, 3.05) is 6.61 Å². The number of aliphatic hydroxyl groups is 1. The second kappa shape index (κ2) is 5.97. The third kappa shape index (κ3) is 4.70. The lowest BCUT2D eigenvalue weighted by molar-refractivity contribution is -0.118. The van der Waals surface area contributed by atoms with Gasteiger partial charge in [-0.05, 0) is 23.0 Å². The quantitative estimate of drug-likeness (QED) is 0.850. The van der Waals surface area contributed by atoms with Gasteiger partial charge in [0.2, 0.25) is 0 Å². The van der Waals surface area contributed by atoms with Crippen molar-refractivity contribution in [3.05, 3.63) is 35.4 Å². The molecular weight excluding hydrogens is 212 g/mol. The summed E-state index contributed by atoms with van der Waals surface area (Å²) >= 11 is 0. The van der Waals surface area contributed by atoms with Crippen molar-refractivity contribution in [1.82, 2.24) is 0 Å². The number of aliphatic hydroxyl groups excluding tert-OH is 1. The number of carbonyl (C=O) groups excluding carboxylic acids is 1. The van der Waals surface area contributed by atoms with Crippen LogP contribution in [0.2, 0.25) is 0 Å². The van der Waals surface area contributed by atoms with Gasteiger partial charge in [0.25, 0.3) is 0 Å². The van der Waals surface area contributed by atoms with Crippen LogP contribution in [0, 0.1) is 0 Å². The highest BCUT2D eigenvalue weighted by Gasteiger charge is 2.13. The monoisotopic (exact) mass is 234 g/mol. The zero-order chi connectivity index (χ0) is 12.9. The van der Waals surface area contributed by atoms with E-state index >= 15 is 0 Å². The van der Waals surface area contributed by atoms with Crippen molar-refractivity contribution >= 4 is 5.78 Å². The summed E-state index contributed by atoms with van der Waals surface area (Å²) in [7, 11) is 0. The van der Waals surface area contributed by atoms with E-state index in [2.05, 4.69) is 32.9 Å². The average Bonchev–Trinajstić information content (AvgIpc) is 2.26. The normalized spacial score (nSPS) is 11.5. The Balaban J connectivity index is 2.60. The Morgan fingerprint density at radius 2 is 1.76 bits per heavy atom. The van der Waals surface area contributed by atoms with Gasteiger partial charge in [-0.3, -0.25) is 4.79 Å². The molecule has 1 aromatic carbocycles. The molecule has 2 heteroatoms. The van der Waals surface area contributed by atoms with E-state index in [-0.39, 0.29) is 17.8 Å². The Morgan fingerprint density at radius 3 is 2.24 bits per heavy atom. The summed E-state index contributed by atoms with van der Waals surface area (Å²) < 4.78 is 0. The van der Waals surface area contributed by atoms with Crippen LogP contribution < -0.4 is 0 Å². The molecule has 0 aromatic heterocycles. The molecule has 0 heterocycles. The number of benzene rings is 1. The molecule has 1 aromatic rings. The van der Waals surface area contributed by atoms with Crippen LogP contribution in [0.25, 0.3) is 0 Å². The van der Waals surface area contributed by atoms with Gasteiger partial charge < -0.3 is 5.11 Å². The summed E-state index contributed by atoms with van der Waals surface area (Å²) in [6, 6.07) is 8.23. The highest BCUT2D eigenvalue weighted by atomic mass is 16.3. The van der Waals surface area contributed by atoms with Gasteiger partial charge in [-0.1, -0.05) is 45.0 Å². The van der Waals surface area contributed by atoms with Crippen LogP contribution in [0.4, 0.5) is 0 Å². The first kappa shape index (κ1) is 13.9. The number of carbonyl (C=O) groups is 1. The topological polar surface area (TPSA) is 37.3 Å². The maximum absolute atomic E-state index is 11.5. The van der Waals surface area contributed by atoms with Gasteiger partial charge in [0.05, 0.1) is 0 Å². The first-order valence-electron chi connectivity index (χ1n) is 6.15. The summed E-state index contributed by atoms with van der Waals surface area (Å²) in [6.07, 6.45) is 1.51. The molecule has 0 aliphatic heterocycles. The standard InChI is InChI=1S/C15H22O2/c1-15(2,3)13-8-6-12(7-9-13)11-14(17)5-4-10-16/h6-9,16H,4-5,10-11H2,1-3H3. The van der Waals surface area contributed by atoms with Gasteiger partial charge >= 0.3 is 0 Å². The fourth-order valence-corrected chi connectivity index (χ4v) is 1.71. The summed E-state index contributed by atoms with van der Waals surface area (Å²) in [5.74, 6) is 0.197. The molecule has 0 fully saturated rings. The van der Waals surface area contributed by atoms with Gasteiger partial charge in [-0.25, -0.2) is 0 Å². The fraction of sp³-hybridized carbons (Fsp3) is 0.533. The molecule has 1 N–H and O–H groups in total. The zero-order valence-corrected chi connectivity index (χ0v) is 11.0. The second-order valence-electron chi connectivity index (χ2n) is 5.49. The smallest absolute Gasteiger partial charge is 0.137 e. The first-order chi connectivity index (χ1) is 7.93. The molecule has 1 rings (SSSR count). The Hall–Kier alpha value is -1.15. The van der Waals surface area contributed by atoms with E-state index in [4.69, 9.17) is 5.11 Å². The van der Waals surface area contributed by atoms with E-state index in [1.165, 1.54) is 5.56 Å². The molecule has 0 aliphatic rings. The molecule has 0 radical (unpaired) electrons. The molecule has 0 spiro atoms. The predicted molar refractivity (Wildman–Crippen MR) is 70.2 cm³/mol. The molecular formula is C15H22O2. The molecule has 0 atom stereocenters.